The van der Waals surface area contributed by atoms with E-state index in [1.54, 1.807) is 11.3 Å². The topological polar surface area (TPSA) is 81.3 Å². The number of hydrogen-bond acceptors (Lipinski definition) is 4. The molecule has 0 aliphatic heterocycles. The van der Waals surface area contributed by atoms with Gasteiger partial charge in [0.15, 0.2) is 0 Å². The van der Waals surface area contributed by atoms with Crippen LogP contribution in [0.25, 0.3) is 16.7 Å². The van der Waals surface area contributed by atoms with Crippen LogP contribution in [0.4, 0.5) is 5.69 Å². The number of carbonyl (C=O) groups is 1. The molecular weight excluding hydrogens is 342 g/mol. The molecule has 0 fully saturated rings. The van der Waals surface area contributed by atoms with Gasteiger partial charge in [0.2, 0.25) is 11.6 Å². The molecule has 0 spiro atoms. The predicted octanol–water partition coefficient (Wildman–Crippen LogP) is 2.55. The van der Waals surface area contributed by atoms with E-state index in [9.17, 15) is 9.59 Å². The SMILES string of the molecule is CCc1ccc(NC(=O)Cn2c(=O)c3nnc(C)n3c3ccccc32)cc1. The van der Waals surface area contributed by atoms with Gasteiger partial charge in [-0.05, 0) is 43.2 Å². The molecule has 0 saturated heterocycles. The standard InChI is InChI=1S/C20H19N5O2/c1-3-14-8-10-15(11-9-14)21-18(26)12-24-16-6-4-5-7-17(16)25-13(2)22-23-19(25)20(24)27/h4-11H,3,12H2,1-2H3,(H,21,26). The summed E-state index contributed by atoms with van der Waals surface area (Å²) in [5.41, 5.74) is 3.22. The number of aromatic nitrogens is 4. The number of benzene rings is 2. The van der Waals surface area contributed by atoms with Gasteiger partial charge in [0, 0.05) is 5.69 Å². The van der Waals surface area contributed by atoms with E-state index in [1.165, 1.54) is 10.1 Å². The quantitative estimate of drug-likeness (QED) is 0.606. The van der Waals surface area contributed by atoms with Crippen LogP contribution in [0.5, 0.6) is 0 Å². The number of amides is 1. The number of aryl methyl sites for hydroxylation is 2. The second-order valence-electron chi connectivity index (χ2n) is 6.38. The third-order valence-corrected chi connectivity index (χ3v) is 4.62. The first-order valence-electron chi connectivity index (χ1n) is 8.80. The summed E-state index contributed by atoms with van der Waals surface area (Å²) >= 11 is 0. The maximum Gasteiger partial charge on any atom is 0.297 e. The van der Waals surface area contributed by atoms with Crippen LogP contribution in [0.1, 0.15) is 18.3 Å². The molecule has 136 valence electrons. The average Bonchev–Trinajstić information content (AvgIpc) is 3.08. The zero-order chi connectivity index (χ0) is 19.0. The molecule has 7 heteroatoms. The maximum atomic E-state index is 12.9. The summed E-state index contributed by atoms with van der Waals surface area (Å²) in [6.45, 7) is 3.77. The Kier molecular flexibility index (Phi) is 4.19. The minimum absolute atomic E-state index is 0.0999. The Labute approximate surface area is 155 Å². The maximum absolute atomic E-state index is 12.9. The van der Waals surface area contributed by atoms with Gasteiger partial charge in [-0.3, -0.25) is 18.6 Å². The Morgan fingerprint density at radius 3 is 2.44 bits per heavy atom. The van der Waals surface area contributed by atoms with Gasteiger partial charge < -0.3 is 5.32 Å². The van der Waals surface area contributed by atoms with Crippen LogP contribution >= 0.6 is 0 Å². The number of carbonyl (C=O) groups excluding carboxylic acids is 1. The van der Waals surface area contributed by atoms with Crippen LogP contribution in [0.15, 0.2) is 53.3 Å². The molecule has 0 saturated carbocycles. The number of para-hydroxylation sites is 2. The first kappa shape index (κ1) is 17.0. The van der Waals surface area contributed by atoms with Gasteiger partial charge in [-0.1, -0.05) is 31.2 Å². The van der Waals surface area contributed by atoms with Crippen molar-refractivity contribution in [2.45, 2.75) is 26.8 Å². The molecule has 0 unspecified atom stereocenters. The summed E-state index contributed by atoms with van der Waals surface area (Å²) < 4.78 is 3.16. The average molecular weight is 361 g/mol. The molecular formula is C20H19N5O2. The highest BCUT2D eigenvalue weighted by Crippen LogP contribution is 2.15. The molecule has 0 atom stereocenters. The molecule has 27 heavy (non-hydrogen) atoms. The second kappa shape index (κ2) is 6.68. The van der Waals surface area contributed by atoms with Crippen LogP contribution in [0.2, 0.25) is 0 Å². The van der Waals surface area contributed by atoms with Gasteiger partial charge in [-0.25, -0.2) is 0 Å². The summed E-state index contributed by atoms with van der Waals surface area (Å²) in [5, 5.41) is 10.8. The molecule has 1 amide bonds. The third-order valence-electron chi connectivity index (χ3n) is 4.62. The lowest BCUT2D eigenvalue weighted by Crippen LogP contribution is -2.29. The van der Waals surface area contributed by atoms with Gasteiger partial charge >= 0.3 is 0 Å². The van der Waals surface area contributed by atoms with Gasteiger partial charge in [-0.2, -0.15) is 0 Å². The highest BCUT2D eigenvalue weighted by atomic mass is 16.2. The number of fused-ring (bicyclic) bond motifs is 3. The van der Waals surface area contributed by atoms with Crippen LogP contribution in [-0.2, 0) is 17.8 Å². The Hall–Kier alpha value is -3.48. The van der Waals surface area contributed by atoms with Gasteiger partial charge in [0.1, 0.15) is 12.4 Å². The molecule has 0 aliphatic rings. The van der Waals surface area contributed by atoms with Gasteiger partial charge in [-0.15, -0.1) is 10.2 Å². The predicted molar refractivity (Wildman–Crippen MR) is 104 cm³/mol. The molecule has 7 nitrogen and oxygen atoms in total. The van der Waals surface area contributed by atoms with Crippen molar-refractivity contribution in [2.75, 3.05) is 5.32 Å². The minimum Gasteiger partial charge on any atom is -0.325 e. The van der Waals surface area contributed by atoms with Gasteiger partial charge in [0.05, 0.1) is 11.0 Å². The second-order valence-corrected chi connectivity index (χ2v) is 6.38. The Morgan fingerprint density at radius 1 is 1.04 bits per heavy atom. The zero-order valence-corrected chi connectivity index (χ0v) is 15.1. The van der Waals surface area contributed by atoms with Crippen molar-refractivity contribution in [2.24, 2.45) is 0 Å². The van der Waals surface area contributed by atoms with Crippen molar-refractivity contribution in [3.8, 4) is 0 Å². The monoisotopic (exact) mass is 361 g/mol. The molecule has 0 aliphatic carbocycles. The van der Waals surface area contributed by atoms with Crippen LogP contribution < -0.4 is 10.9 Å². The minimum atomic E-state index is -0.342. The molecule has 4 aromatic rings. The molecule has 2 heterocycles. The first-order chi connectivity index (χ1) is 13.1. The summed E-state index contributed by atoms with van der Waals surface area (Å²) in [6.07, 6.45) is 0.938. The molecule has 4 rings (SSSR count). The summed E-state index contributed by atoms with van der Waals surface area (Å²) in [5.74, 6) is 0.359. The summed E-state index contributed by atoms with van der Waals surface area (Å²) in [4.78, 5) is 25.4. The van der Waals surface area contributed by atoms with E-state index in [1.807, 2.05) is 48.5 Å². The van der Waals surface area contributed by atoms with Crippen LogP contribution in [0.3, 0.4) is 0 Å². The van der Waals surface area contributed by atoms with Gasteiger partial charge in [0.25, 0.3) is 5.56 Å². The van der Waals surface area contributed by atoms with Crippen LogP contribution in [-0.4, -0.2) is 25.1 Å². The fraction of sp³-hybridized carbons (Fsp3) is 0.200. The highest BCUT2D eigenvalue weighted by Gasteiger charge is 2.16. The van der Waals surface area contributed by atoms with Crippen molar-refractivity contribution in [3.05, 3.63) is 70.3 Å². The van der Waals surface area contributed by atoms with E-state index in [2.05, 4.69) is 22.4 Å². The number of hydrogen-bond donors (Lipinski definition) is 1. The van der Waals surface area contributed by atoms with E-state index in [0.29, 0.717) is 17.0 Å². The lowest BCUT2D eigenvalue weighted by atomic mass is 10.1. The van der Waals surface area contributed by atoms with Crippen molar-refractivity contribution in [1.29, 1.82) is 0 Å². The number of rotatable bonds is 4. The molecule has 1 N–H and O–H groups in total. The molecule has 0 bridgehead atoms. The third kappa shape index (κ3) is 2.97. The fourth-order valence-corrected chi connectivity index (χ4v) is 3.23. The van der Waals surface area contributed by atoms with E-state index >= 15 is 0 Å². The lowest BCUT2D eigenvalue weighted by molar-refractivity contribution is -0.116. The first-order valence-corrected chi connectivity index (χ1v) is 8.80. The Balaban J connectivity index is 1.73. The number of nitrogens with zero attached hydrogens (tertiary/aromatic N) is 4. The Morgan fingerprint density at radius 2 is 1.74 bits per heavy atom. The Bertz CT molecular complexity index is 1200. The van der Waals surface area contributed by atoms with Crippen molar-refractivity contribution < 1.29 is 4.79 Å². The normalized spacial score (nSPS) is 11.2. The highest BCUT2D eigenvalue weighted by molar-refractivity contribution is 5.91. The van der Waals surface area contributed by atoms with E-state index in [4.69, 9.17) is 0 Å². The number of nitrogens with one attached hydrogen (secondary N) is 1. The van der Waals surface area contributed by atoms with E-state index in [0.717, 1.165) is 11.9 Å². The molecule has 2 aromatic carbocycles. The van der Waals surface area contributed by atoms with Crippen molar-refractivity contribution >= 4 is 28.3 Å². The largest absolute Gasteiger partial charge is 0.325 e. The van der Waals surface area contributed by atoms with E-state index in [-0.39, 0.29) is 23.7 Å². The zero-order valence-electron chi connectivity index (χ0n) is 15.1. The van der Waals surface area contributed by atoms with Crippen LogP contribution in [0, 0.1) is 6.92 Å². The summed E-state index contributed by atoms with van der Waals surface area (Å²) in [6, 6.07) is 15.1. The van der Waals surface area contributed by atoms with Crippen molar-refractivity contribution in [3.63, 3.8) is 0 Å². The molecule has 2 aromatic heterocycles. The smallest absolute Gasteiger partial charge is 0.297 e. The number of anilines is 1. The van der Waals surface area contributed by atoms with Crippen molar-refractivity contribution in [1.82, 2.24) is 19.2 Å². The summed E-state index contributed by atoms with van der Waals surface area (Å²) in [7, 11) is 0. The van der Waals surface area contributed by atoms with E-state index < -0.39 is 0 Å². The fourth-order valence-electron chi connectivity index (χ4n) is 3.23. The lowest BCUT2D eigenvalue weighted by Gasteiger charge is -2.12. The molecule has 0 radical (unpaired) electrons.